The zero-order valence-corrected chi connectivity index (χ0v) is 17.4. The van der Waals surface area contributed by atoms with Crippen molar-refractivity contribution in [1.82, 2.24) is 9.97 Å². The van der Waals surface area contributed by atoms with Gasteiger partial charge in [-0.05, 0) is 37.5 Å². The predicted octanol–water partition coefficient (Wildman–Crippen LogP) is 4.29. The average Bonchev–Trinajstić information content (AvgIpc) is 2.70. The van der Waals surface area contributed by atoms with Gasteiger partial charge in [0.25, 0.3) is 5.56 Å². The van der Waals surface area contributed by atoms with Crippen LogP contribution in [0.4, 0.5) is 0 Å². The van der Waals surface area contributed by atoms with E-state index < -0.39 is 0 Å². The standard InChI is InChI=1S/C24H31N3O/c1-5-6-9-18-12-14-19(15-13-18)22(16(2)3)25-17(4)23-26-21-11-8-7-10-20(21)24(28)27-23/h7-8,10-17,22,25H,5-6,9H2,1-4H3,(H,26,27,28)/p+1/t17-,22-/m0/s1. The summed E-state index contributed by atoms with van der Waals surface area (Å²) < 4.78 is 0. The Balaban J connectivity index is 1.81. The van der Waals surface area contributed by atoms with Crippen LogP contribution < -0.4 is 10.9 Å². The Morgan fingerprint density at radius 1 is 1.04 bits per heavy atom. The van der Waals surface area contributed by atoms with Gasteiger partial charge in [-0.25, -0.2) is 4.98 Å². The Kier molecular flexibility index (Phi) is 6.63. The molecule has 0 aliphatic carbocycles. The van der Waals surface area contributed by atoms with E-state index in [-0.39, 0.29) is 11.6 Å². The fraction of sp³-hybridized carbons (Fsp3) is 0.417. The lowest BCUT2D eigenvalue weighted by atomic mass is 9.93. The number of fused-ring (bicyclic) bond motifs is 1. The molecule has 0 bridgehead atoms. The molecule has 0 aliphatic rings. The number of H-pyrrole nitrogens is 1. The highest BCUT2D eigenvalue weighted by atomic mass is 16.1. The lowest BCUT2D eigenvalue weighted by molar-refractivity contribution is -0.738. The maximum Gasteiger partial charge on any atom is 0.258 e. The molecule has 3 rings (SSSR count). The molecule has 4 heteroatoms. The molecule has 0 unspecified atom stereocenters. The van der Waals surface area contributed by atoms with E-state index in [2.05, 4.69) is 62.3 Å². The van der Waals surface area contributed by atoms with Crippen LogP contribution in [0.2, 0.25) is 0 Å². The summed E-state index contributed by atoms with van der Waals surface area (Å²) in [6.45, 7) is 8.83. The van der Waals surface area contributed by atoms with Crippen molar-refractivity contribution in [3.05, 3.63) is 75.8 Å². The van der Waals surface area contributed by atoms with Gasteiger partial charge in [-0.3, -0.25) is 4.79 Å². The van der Waals surface area contributed by atoms with Crippen LogP contribution in [0.3, 0.4) is 0 Å². The summed E-state index contributed by atoms with van der Waals surface area (Å²) in [6.07, 6.45) is 3.60. The maximum absolute atomic E-state index is 12.4. The van der Waals surface area contributed by atoms with Crippen LogP contribution in [-0.4, -0.2) is 9.97 Å². The predicted molar refractivity (Wildman–Crippen MR) is 115 cm³/mol. The second-order valence-electron chi connectivity index (χ2n) is 8.06. The molecule has 0 radical (unpaired) electrons. The largest absolute Gasteiger partial charge is 0.331 e. The topological polar surface area (TPSA) is 62.4 Å². The van der Waals surface area contributed by atoms with Crippen LogP contribution in [0.15, 0.2) is 53.3 Å². The van der Waals surface area contributed by atoms with Crippen molar-refractivity contribution < 1.29 is 5.32 Å². The maximum atomic E-state index is 12.4. The van der Waals surface area contributed by atoms with Crippen molar-refractivity contribution in [2.75, 3.05) is 0 Å². The summed E-state index contributed by atoms with van der Waals surface area (Å²) in [7, 11) is 0. The van der Waals surface area contributed by atoms with Gasteiger partial charge in [0, 0.05) is 11.5 Å². The summed E-state index contributed by atoms with van der Waals surface area (Å²) in [5.74, 6) is 1.20. The molecule has 0 aliphatic heterocycles. The van der Waals surface area contributed by atoms with Crippen LogP contribution in [-0.2, 0) is 6.42 Å². The first-order valence-corrected chi connectivity index (χ1v) is 10.4. The molecule has 2 aromatic carbocycles. The van der Waals surface area contributed by atoms with E-state index >= 15 is 0 Å². The number of para-hydroxylation sites is 1. The molecule has 148 valence electrons. The van der Waals surface area contributed by atoms with E-state index in [9.17, 15) is 4.79 Å². The first-order valence-electron chi connectivity index (χ1n) is 10.4. The first kappa shape index (κ1) is 20.3. The molecule has 4 nitrogen and oxygen atoms in total. The van der Waals surface area contributed by atoms with E-state index in [1.165, 1.54) is 24.0 Å². The number of hydrogen-bond donors (Lipinski definition) is 2. The highest BCUT2D eigenvalue weighted by Crippen LogP contribution is 2.20. The van der Waals surface area contributed by atoms with Crippen molar-refractivity contribution in [2.24, 2.45) is 5.92 Å². The second kappa shape index (κ2) is 9.16. The monoisotopic (exact) mass is 378 g/mol. The van der Waals surface area contributed by atoms with Gasteiger partial charge in [0.2, 0.25) is 0 Å². The Bertz CT molecular complexity index is 959. The van der Waals surface area contributed by atoms with Crippen molar-refractivity contribution in [3.8, 4) is 0 Å². The Morgan fingerprint density at radius 3 is 2.43 bits per heavy atom. The third-order valence-corrected chi connectivity index (χ3v) is 5.46. The number of nitrogens with two attached hydrogens (primary N) is 1. The fourth-order valence-corrected chi connectivity index (χ4v) is 3.73. The van der Waals surface area contributed by atoms with E-state index in [0.29, 0.717) is 17.3 Å². The minimum atomic E-state index is -0.0674. The van der Waals surface area contributed by atoms with Crippen molar-refractivity contribution >= 4 is 10.9 Å². The number of aromatic amines is 1. The van der Waals surface area contributed by atoms with Crippen LogP contribution >= 0.6 is 0 Å². The van der Waals surface area contributed by atoms with Gasteiger partial charge in [-0.1, -0.05) is 63.6 Å². The molecule has 0 amide bonds. The number of nitrogens with one attached hydrogen (secondary N) is 1. The minimum absolute atomic E-state index is 0.0597. The normalized spacial score (nSPS) is 13.8. The summed E-state index contributed by atoms with van der Waals surface area (Å²) >= 11 is 0. The van der Waals surface area contributed by atoms with Crippen LogP contribution in [0, 0.1) is 5.92 Å². The van der Waals surface area contributed by atoms with Gasteiger partial charge in [0.05, 0.1) is 10.9 Å². The third kappa shape index (κ3) is 4.68. The van der Waals surface area contributed by atoms with Gasteiger partial charge in [-0.15, -0.1) is 0 Å². The van der Waals surface area contributed by atoms with Gasteiger partial charge in [0.15, 0.2) is 5.82 Å². The van der Waals surface area contributed by atoms with Crippen LogP contribution in [0.5, 0.6) is 0 Å². The van der Waals surface area contributed by atoms with Crippen molar-refractivity contribution in [1.29, 1.82) is 0 Å². The van der Waals surface area contributed by atoms with Gasteiger partial charge in [0.1, 0.15) is 12.1 Å². The van der Waals surface area contributed by atoms with Crippen molar-refractivity contribution in [3.63, 3.8) is 0 Å². The van der Waals surface area contributed by atoms with E-state index in [1.807, 2.05) is 24.3 Å². The average molecular weight is 379 g/mol. The van der Waals surface area contributed by atoms with Crippen LogP contribution in [0.25, 0.3) is 10.9 Å². The number of benzene rings is 2. The highest BCUT2D eigenvalue weighted by Gasteiger charge is 2.24. The van der Waals surface area contributed by atoms with Gasteiger partial charge < -0.3 is 10.3 Å². The van der Waals surface area contributed by atoms with Gasteiger partial charge in [-0.2, -0.15) is 0 Å². The zero-order chi connectivity index (χ0) is 20.1. The Hall–Kier alpha value is -2.46. The molecule has 0 fully saturated rings. The summed E-state index contributed by atoms with van der Waals surface area (Å²) in [5.41, 5.74) is 3.41. The molecular weight excluding hydrogens is 346 g/mol. The lowest BCUT2D eigenvalue weighted by Gasteiger charge is -2.23. The van der Waals surface area contributed by atoms with Crippen molar-refractivity contribution in [2.45, 2.75) is 59.0 Å². The van der Waals surface area contributed by atoms with E-state index in [4.69, 9.17) is 4.98 Å². The van der Waals surface area contributed by atoms with Gasteiger partial charge >= 0.3 is 0 Å². The number of aromatic nitrogens is 2. The summed E-state index contributed by atoms with van der Waals surface area (Å²) in [5, 5.41) is 2.96. The quantitative estimate of drug-likeness (QED) is 0.614. The zero-order valence-electron chi connectivity index (χ0n) is 17.4. The fourth-order valence-electron chi connectivity index (χ4n) is 3.73. The number of unbranched alkanes of at least 4 members (excludes halogenated alkanes) is 1. The smallest absolute Gasteiger partial charge is 0.258 e. The van der Waals surface area contributed by atoms with E-state index in [0.717, 1.165) is 17.8 Å². The molecule has 1 aromatic heterocycles. The lowest BCUT2D eigenvalue weighted by Crippen LogP contribution is -2.87. The third-order valence-electron chi connectivity index (χ3n) is 5.46. The number of aryl methyl sites for hydroxylation is 1. The summed E-state index contributed by atoms with van der Waals surface area (Å²) in [4.78, 5) is 20.1. The van der Waals surface area contributed by atoms with E-state index in [1.54, 1.807) is 0 Å². The molecule has 2 atom stereocenters. The molecule has 3 N–H and O–H groups in total. The molecular formula is C24H32N3O+. The molecule has 0 saturated heterocycles. The molecule has 0 saturated carbocycles. The molecule has 28 heavy (non-hydrogen) atoms. The molecule has 1 heterocycles. The second-order valence-corrected chi connectivity index (χ2v) is 8.06. The minimum Gasteiger partial charge on any atom is -0.331 e. The number of quaternary nitrogens is 1. The number of nitrogens with zero attached hydrogens (tertiary/aromatic N) is 1. The van der Waals surface area contributed by atoms with Crippen LogP contribution in [0.1, 0.15) is 69.6 Å². The number of rotatable bonds is 8. The Labute approximate surface area is 167 Å². The molecule has 3 aromatic rings. The first-order chi connectivity index (χ1) is 13.5. The molecule has 0 spiro atoms. The number of hydrogen-bond acceptors (Lipinski definition) is 2. The Morgan fingerprint density at radius 2 is 1.75 bits per heavy atom. The summed E-state index contributed by atoms with van der Waals surface area (Å²) in [6, 6.07) is 16.9. The SMILES string of the molecule is CCCCc1ccc([C@@H]([NH2+][C@@H](C)c2nc3ccccc3c(=O)[nH]2)C(C)C)cc1. The highest BCUT2D eigenvalue weighted by molar-refractivity contribution is 5.77.